The highest BCUT2D eigenvalue weighted by Crippen LogP contribution is 2.27. The first-order chi connectivity index (χ1) is 13.6. The number of aromatic nitrogens is 2. The Labute approximate surface area is 177 Å². The van der Waals surface area contributed by atoms with E-state index in [9.17, 15) is 9.90 Å². The van der Waals surface area contributed by atoms with Crippen LogP contribution in [0.15, 0.2) is 54.6 Å². The highest BCUT2D eigenvalue weighted by atomic mass is 35.5. The van der Waals surface area contributed by atoms with Crippen molar-refractivity contribution < 1.29 is 14.6 Å². The Morgan fingerprint density at radius 3 is 2.41 bits per heavy atom. The van der Waals surface area contributed by atoms with Crippen LogP contribution in [0.2, 0.25) is 0 Å². The number of carboxylic acid groups (broad SMARTS) is 1. The fourth-order valence-corrected chi connectivity index (χ4v) is 3.27. The number of halogens is 1. The van der Waals surface area contributed by atoms with E-state index in [4.69, 9.17) is 4.74 Å². The van der Waals surface area contributed by atoms with Crippen molar-refractivity contribution in [2.24, 2.45) is 0 Å². The molecule has 1 atom stereocenters. The van der Waals surface area contributed by atoms with Gasteiger partial charge in [-0.2, -0.15) is 0 Å². The molecular weight excluding hydrogens is 390 g/mol. The zero-order chi connectivity index (χ0) is 19.9. The summed E-state index contributed by atoms with van der Waals surface area (Å²) in [6.45, 7) is 7.18. The summed E-state index contributed by atoms with van der Waals surface area (Å²) in [5.41, 5.74) is 2.05. The molecule has 0 bridgehead atoms. The fraction of sp³-hybridized carbons (Fsp3) is 0.364. The lowest BCUT2D eigenvalue weighted by Crippen LogP contribution is -2.33. The van der Waals surface area contributed by atoms with Gasteiger partial charge in [-0.25, -0.2) is 4.79 Å². The summed E-state index contributed by atoms with van der Waals surface area (Å²) in [5, 5.41) is 15.0. The van der Waals surface area contributed by atoms with Gasteiger partial charge < -0.3 is 14.7 Å². The maximum Gasteiger partial charge on any atom is 0.345 e. The van der Waals surface area contributed by atoms with Gasteiger partial charge in [0, 0.05) is 13.0 Å². The van der Waals surface area contributed by atoms with E-state index in [1.165, 1.54) is 0 Å². The predicted octanol–water partition coefficient (Wildman–Crippen LogP) is 4.07. The summed E-state index contributed by atoms with van der Waals surface area (Å²) >= 11 is 0. The number of hydrogen-bond donors (Lipinski definition) is 1. The lowest BCUT2D eigenvalue weighted by atomic mass is 10.2. The van der Waals surface area contributed by atoms with Crippen LogP contribution in [0.1, 0.15) is 25.8 Å². The summed E-state index contributed by atoms with van der Waals surface area (Å²) in [6.07, 6.45) is -0.513. The van der Waals surface area contributed by atoms with Crippen molar-refractivity contribution in [2.45, 2.75) is 32.9 Å². The van der Waals surface area contributed by atoms with Crippen LogP contribution in [0.25, 0.3) is 10.9 Å². The van der Waals surface area contributed by atoms with Gasteiger partial charge in [0.15, 0.2) is 6.10 Å². The Morgan fingerprint density at radius 1 is 1.10 bits per heavy atom. The topological polar surface area (TPSA) is 67.6 Å². The molecule has 1 N–H and O–H groups in total. The van der Waals surface area contributed by atoms with Crippen molar-refractivity contribution in [3.8, 4) is 5.88 Å². The first kappa shape index (κ1) is 22.7. The monoisotopic (exact) mass is 417 g/mol. The summed E-state index contributed by atoms with van der Waals surface area (Å²) in [7, 11) is 0. The predicted molar refractivity (Wildman–Crippen MR) is 117 cm³/mol. The van der Waals surface area contributed by atoms with Crippen molar-refractivity contribution in [3.63, 3.8) is 0 Å². The Bertz CT molecular complexity index is 910. The lowest BCUT2D eigenvalue weighted by molar-refractivity contribution is -0.145. The smallest absolute Gasteiger partial charge is 0.345 e. The molecule has 0 spiro atoms. The van der Waals surface area contributed by atoms with E-state index in [1.54, 1.807) is 0 Å². The van der Waals surface area contributed by atoms with Crippen molar-refractivity contribution in [1.29, 1.82) is 0 Å². The van der Waals surface area contributed by atoms with Gasteiger partial charge in [0.05, 0.1) is 17.4 Å². The number of para-hydroxylation sites is 1. The molecule has 1 unspecified atom stereocenters. The molecule has 1 heterocycles. The van der Waals surface area contributed by atoms with Crippen molar-refractivity contribution >= 4 is 29.3 Å². The molecule has 0 saturated heterocycles. The summed E-state index contributed by atoms with van der Waals surface area (Å²) in [5.74, 6) is -0.590. The van der Waals surface area contributed by atoms with Gasteiger partial charge >= 0.3 is 5.97 Å². The maximum atomic E-state index is 11.7. The molecule has 29 heavy (non-hydrogen) atoms. The lowest BCUT2D eigenvalue weighted by Gasteiger charge is -2.20. The molecule has 0 amide bonds. The molecular formula is C22H28ClN3O3. The van der Waals surface area contributed by atoms with Gasteiger partial charge in [-0.05, 0) is 30.8 Å². The van der Waals surface area contributed by atoms with Gasteiger partial charge in [0.1, 0.15) is 0 Å². The fourth-order valence-electron chi connectivity index (χ4n) is 3.27. The third kappa shape index (κ3) is 5.71. The Kier molecular flexibility index (Phi) is 8.49. The summed E-state index contributed by atoms with van der Waals surface area (Å²) in [6, 6.07) is 17.8. The third-order valence-electron chi connectivity index (χ3n) is 4.93. The number of hydrogen-bond acceptors (Lipinski definition) is 4. The second-order valence-corrected chi connectivity index (χ2v) is 6.73. The molecule has 0 radical (unpaired) electrons. The Balaban J connectivity index is 0.00000300. The number of aliphatic carboxylic acids is 1. The van der Waals surface area contributed by atoms with Gasteiger partial charge in [0.25, 0.3) is 0 Å². The van der Waals surface area contributed by atoms with Crippen LogP contribution < -0.4 is 4.74 Å². The van der Waals surface area contributed by atoms with Crippen molar-refractivity contribution in [1.82, 2.24) is 14.7 Å². The van der Waals surface area contributed by atoms with Crippen molar-refractivity contribution in [2.75, 3.05) is 19.6 Å². The molecule has 1 aromatic heterocycles. The highest BCUT2D eigenvalue weighted by molar-refractivity contribution is 5.85. The number of nitrogens with zero attached hydrogens (tertiary/aromatic N) is 3. The molecule has 7 heteroatoms. The molecule has 156 valence electrons. The van der Waals surface area contributed by atoms with E-state index < -0.39 is 12.1 Å². The maximum absolute atomic E-state index is 11.7. The molecule has 0 aliphatic rings. The minimum Gasteiger partial charge on any atom is -0.479 e. The average Bonchev–Trinajstić information content (AvgIpc) is 3.06. The summed E-state index contributed by atoms with van der Waals surface area (Å²) in [4.78, 5) is 13.9. The SMILES string of the molecule is CCN(CC)CCC(Oc1nn(Cc2ccccc2)c2ccccc12)C(=O)O.Cl. The van der Waals surface area contributed by atoms with Crippen LogP contribution in [-0.4, -0.2) is 51.5 Å². The van der Waals surface area contributed by atoms with Crippen LogP contribution in [0.4, 0.5) is 0 Å². The Morgan fingerprint density at radius 2 is 1.76 bits per heavy atom. The number of ether oxygens (including phenoxy) is 1. The first-order valence-electron chi connectivity index (χ1n) is 9.73. The largest absolute Gasteiger partial charge is 0.479 e. The summed E-state index contributed by atoms with van der Waals surface area (Å²) < 4.78 is 7.75. The number of benzene rings is 2. The van der Waals surface area contributed by atoms with E-state index in [-0.39, 0.29) is 12.4 Å². The molecule has 0 aliphatic heterocycles. The highest BCUT2D eigenvalue weighted by Gasteiger charge is 2.23. The Hall–Kier alpha value is -2.57. The second kappa shape index (κ2) is 10.8. The van der Waals surface area contributed by atoms with E-state index in [0.717, 1.165) is 29.6 Å². The zero-order valence-electron chi connectivity index (χ0n) is 16.8. The van der Waals surface area contributed by atoms with Crippen LogP contribution in [0.3, 0.4) is 0 Å². The molecule has 2 aromatic carbocycles. The normalized spacial score (nSPS) is 12.0. The van der Waals surface area contributed by atoms with E-state index in [1.807, 2.05) is 59.3 Å². The molecule has 3 rings (SSSR count). The van der Waals surface area contributed by atoms with Gasteiger partial charge in [-0.15, -0.1) is 17.5 Å². The number of carboxylic acids is 1. The number of fused-ring (bicyclic) bond motifs is 1. The number of rotatable bonds is 10. The minimum atomic E-state index is -0.964. The first-order valence-corrected chi connectivity index (χ1v) is 9.73. The van der Waals surface area contributed by atoms with Crippen LogP contribution in [0.5, 0.6) is 5.88 Å². The standard InChI is InChI=1S/C22H27N3O3.ClH/c1-3-24(4-2)15-14-20(22(26)27)28-21-18-12-8-9-13-19(18)25(23-21)16-17-10-6-5-7-11-17;/h5-13,20H,3-4,14-16H2,1-2H3,(H,26,27);1H. The van der Waals surface area contributed by atoms with Gasteiger partial charge in [-0.3, -0.25) is 4.68 Å². The van der Waals surface area contributed by atoms with Gasteiger partial charge in [0.2, 0.25) is 5.88 Å². The third-order valence-corrected chi connectivity index (χ3v) is 4.93. The molecule has 0 fully saturated rings. The molecule has 0 aliphatic carbocycles. The van der Waals surface area contributed by atoms with E-state index >= 15 is 0 Å². The quantitative estimate of drug-likeness (QED) is 0.538. The van der Waals surface area contributed by atoms with Gasteiger partial charge in [-0.1, -0.05) is 56.3 Å². The van der Waals surface area contributed by atoms with E-state index in [2.05, 4.69) is 23.8 Å². The zero-order valence-corrected chi connectivity index (χ0v) is 17.6. The second-order valence-electron chi connectivity index (χ2n) is 6.73. The molecule has 0 saturated carbocycles. The minimum absolute atomic E-state index is 0. The molecule has 6 nitrogen and oxygen atoms in total. The van der Waals surface area contributed by atoms with Crippen LogP contribution in [-0.2, 0) is 11.3 Å². The average molecular weight is 418 g/mol. The van der Waals surface area contributed by atoms with Crippen molar-refractivity contribution in [3.05, 3.63) is 60.2 Å². The van der Waals surface area contributed by atoms with Crippen LogP contribution in [0, 0.1) is 0 Å². The van der Waals surface area contributed by atoms with Crippen LogP contribution >= 0.6 is 12.4 Å². The molecule has 3 aromatic rings. The number of carbonyl (C=O) groups is 1. The van der Waals surface area contributed by atoms with E-state index in [0.29, 0.717) is 25.4 Å².